The van der Waals surface area contributed by atoms with Crippen molar-refractivity contribution >= 4 is 5.96 Å². The number of nitrogens with one attached hydrogen (secondary N) is 2. The largest absolute Gasteiger partial charge is 0.382 e. The van der Waals surface area contributed by atoms with E-state index in [0.29, 0.717) is 19.8 Å². The average molecular weight is 365 g/mol. The van der Waals surface area contributed by atoms with Crippen LogP contribution in [-0.2, 0) is 14.9 Å². The Morgan fingerprint density at radius 2 is 1.96 bits per heavy atom. The minimum absolute atomic E-state index is 0.119. The fourth-order valence-corrected chi connectivity index (χ4v) is 2.91. The summed E-state index contributed by atoms with van der Waals surface area (Å²) in [7, 11) is 1.67. The van der Waals surface area contributed by atoms with Crippen LogP contribution < -0.4 is 10.6 Å². The summed E-state index contributed by atoms with van der Waals surface area (Å²) >= 11 is 0. The van der Waals surface area contributed by atoms with Crippen molar-refractivity contribution in [3.05, 3.63) is 35.6 Å². The minimum atomic E-state index is -0.122. The Balaban J connectivity index is 1.75. The number of aliphatic imine (C=N–C) groups is 1. The fourth-order valence-electron chi connectivity index (χ4n) is 2.91. The van der Waals surface area contributed by atoms with E-state index in [0.717, 1.165) is 56.9 Å². The van der Waals surface area contributed by atoms with Gasteiger partial charge in [0.15, 0.2) is 5.96 Å². The van der Waals surface area contributed by atoms with Crippen molar-refractivity contribution in [3.8, 4) is 0 Å². The highest BCUT2D eigenvalue weighted by Crippen LogP contribution is 2.49. The van der Waals surface area contributed by atoms with Gasteiger partial charge >= 0.3 is 0 Å². The molecule has 0 amide bonds. The molecule has 0 spiro atoms. The Morgan fingerprint density at radius 3 is 2.65 bits per heavy atom. The van der Waals surface area contributed by atoms with Gasteiger partial charge in [0, 0.05) is 32.2 Å². The van der Waals surface area contributed by atoms with E-state index in [2.05, 4.69) is 10.6 Å². The van der Waals surface area contributed by atoms with Gasteiger partial charge in [-0.05, 0) is 44.2 Å². The molecule has 1 fully saturated rings. The molecule has 5 nitrogen and oxygen atoms in total. The molecule has 0 saturated heterocycles. The predicted octanol–water partition coefficient (Wildman–Crippen LogP) is 2.86. The van der Waals surface area contributed by atoms with Gasteiger partial charge in [-0.15, -0.1) is 0 Å². The number of rotatable bonds is 12. The first kappa shape index (κ1) is 20.6. The normalized spacial score (nSPS) is 15.7. The van der Waals surface area contributed by atoms with Crippen LogP contribution in [-0.4, -0.2) is 52.5 Å². The molecule has 1 aliphatic carbocycles. The monoisotopic (exact) mass is 365 g/mol. The SMILES string of the molecule is CCNC(=NCC1(c2ccccc2F)CC1)NCCCCOCCOC. The zero-order chi connectivity index (χ0) is 18.7. The van der Waals surface area contributed by atoms with Crippen molar-refractivity contribution in [2.75, 3.05) is 46.6 Å². The number of methoxy groups -OCH3 is 1. The maximum atomic E-state index is 14.1. The van der Waals surface area contributed by atoms with Crippen LogP contribution in [0.2, 0.25) is 0 Å². The van der Waals surface area contributed by atoms with Crippen LogP contribution in [0.25, 0.3) is 0 Å². The van der Waals surface area contributed by atoms with Gasteiger partial charge in [0.25, 0.3) is 0 Å². The van der Waals surface area contributed by atoms with Crippen LogP contribution in [0.3, 0.4) is 0 Å². The van der Waals surface area contributed by atoms with Crippen molar-refractivity contribution in [1.29, 1.82) is 0 Å². The van der Waals surface area contributed by atoms with Gasteiger partial charge in [0.2, 0.25) is 0 Å². The van der Waals surface area contributed by atoms with Gasteiger partial charge in [-0.3, -0.25) is 4.99 Å². The highest BCUT2D eigenvalue weighted by Gasteiger charge is 2.45. The van der Waals surface area contributed by atoms with Crippen molar-refractivity contribution in [3.63, 3.8) is 0 Å². The molecule has 0 aromatic heterocycles. The van der Waals surface area contributed by atoms with Crippen molar-refractivity contribution in [2.45, 2.75) is 38.0 Å². The van der Waals surface area contributed by atoms with E-state index in [1.54, 1.807) is 13.2 Å². The quantitative estimate of drug-likeness (QED) is 0.340. The van der Waals surface area contributed by atoms with Crippen LogP contribution in [0.15, 0.2) is 29.3 Å². The van der Waals surface area contributed by atoms with E-state index in [1.807, 2.05) is 19.1 Å². The number of halogens is 1. The summed E-state index contributed by atoms with van der Waals surface area (Å²) in [5.74, 6) is 0.682. The summed E-state index contributed by atoms with van der Waals surface area (Å²) in [6.07, 6.45) is 4.00. The molecule has 0 radical (unpaired) electrons. The molecule has 2 rings (SSSR count). The van der Waals surface area contributed by atoms with E-state index in [9.17, 15) is 4.39 Å². The molecule has 1 aromatic rings. The standard InChI is InChI=1S/C20H32FN3O2/c1-3-22-19(23-12-6-7-13-26-15-14-25-2)24-16-20(10-11-20)17-8-4-5-9-18(17)21/h4-5,8-9H,3,6-7,10-16H2,1-2H3,(H2,22,23,24). The Bertz CT molecular complexity index is 562. The van der Waals surface area contributed by atoms with Crippen LogP contribution in [0.5, 0.6) is 0 Å². The van der Waals surface area contributed by atoms with Crippen molar-refractivity contribution in [2.24, 2.45) is 4.99 Å². The molecule has 0 bridgehead atoms. The summed E-state index contributed by atoms with van der Waals surface area (Å²) in [5.41, 5.74) is 0.677. The van der Waals surface area contributed by atoms with Gasteiger partial charge in [0.05, 0.1) is 19.8 Å². The van der Waals surface area contributed by atoms with Crippen LogP contribution in [0.1, 0.15) is 38.2 Å². The summed E-state index contributed by atoms with van der Waals surface area (Å²) in [4.78, 5) is 4.70. The van der Waals surface area contributed by atoms with Crippen LogP contribution >= 0.6 is 0 Å². The minimum Gasteiger partial charge on any atom is -0.382 e. The molecule has 1 saturated carbocycles. The molecule has 6 heteroatoms. The molecular formula is C20H32FN3O2. The summed E-state index contributed by atoms with van der Waals surface area (Å²) < 4.78 is 24.5. The van der Waals surface area contributed by atoms with Crippen LogP contribution in [0, 0.1) is 5.82 Å². The summed E-state index contributed by atoms with van der Waals surface area (Å²) in [5, 5.41) is 6.62. The Labute approximate surface area is 156 Å². The second-order valence-corrected chi connectivity index (χ2v) is 6.69. The second kappa shape index (κ2) is 11.1. The van der Waals surface area contributed by atoms with Gasteiger partial charge in [-0.25, -0.2) is 4.39 Å². The molecule has 0 unspecified atom stereocenters. The highest BCUT2D eigenvalue weighted by atomic mass is 19.1. The molecular weight excluding hydrogens is 333 g/mol. The lowest BCUT2D eigenvalue weighted by molar-refractivity contribution is 0.0689. The molecule has 1 aliphatic rings. The lowest BCUT2D eigenvalue weighted by atomic mass is 9.95. The number of guanidine groups is 1. The smallest absolute Gasteiger partial charge is 0.191 e. The maximum absolute atomic E-state index is 14.1. The lowest BCUT2D eigenvalue weighted by Gasteiger charge is -2.16. The highest BCUT2D eigenvalue weighted by molar-refractivity contribution is 5.79. The number of benzene rings is 1. The Morgan fingerprint density at radius 1 is 1.15 bits per heavy atom. The van der Waals surface area contributed by atoms with Gasteiger partial charge in [-0.1, -0.05) is 18.2 Å². The topological polar surface area (TPSA) is 54.9 Å². The van der Waals surface area contributed by atoms with Crippen LogP contribution in [0.4, 0.5) is 4.39 Å². The van der Waals surface area contributed by atoms with Gasteiger partial charge < -0.3 is 20.1 Å². The van der Waals surface area contributed by atoms with E-state index in [4.69, 9.17) is 14.5 Å². The molecule has 0 atom stereocenters. The zero-order valence-electron chi connectivity index (χ0n) is 16.0. The first-order chi connectivity index (χ1) is 12.7. The Kier molecular flexibility index (Phi) is 8.85. The fraction of sp³-hybridized carbons (Fsp3) is 0.650. The zero-order valence-corrected chi connectivity index (χ0v) is 16.0. The number of hydrogen-bond donors (Lipinski definition) is 2. The third kappa shape index (κ3) is 6.57. The lowest BCUT2D eigenvalue weighted by Crippen LogP contribution is -2.38. The van der Waals surface area contributed by atoms with E-state index >= 15 is 0 Å². The van der Waals surface area contributed by atoms with Gasteiger partial charge in [0.1, 0.15) is 5.82 Å². The van der Waals surface area contributed by atoms with Crippen molar-refractivity contribution < 1.29 is 13.9 Å². The number of ether oxygens (including phenoxy) is 2. The molecule has 26 heavy (non-hydrogen) atoms. The number of nitrogens with zero attached hydrogens (tertiary/aromatic N) is 1. The maximum Gasteiger partial charge on any atom is 0.191 e. The second-order valence-electron chi connectivity index (χ2n) is 6.69. The summed E-state index contributed by atoms with van der Waals surface area (Å²) in [6, 6.07) is 7.07. The van der Waals surface area contributed by atoms with E-state index < -0.39 is 0 Å². The molecule has 0 heterocycles. The number of hydrogen-bond acceptors (Lipinski definition) is 3. The first-order valence-electron chi connectivity index (χ1n) is 9.56. The van der Waals surface area contributed by atoms with Gasteiger partial charge in [-0.2, -0.15) is 0 Å². The molecule has 2 N–H and O–H groups in total. The predicted molar refractivity (Wildman–Crippen MR) is 103 cm³/mol. The molecule has 146 valence electrons. The van der Waals surface area contributed by atoms with Crippen molar-refractivity contribution in [1.82, 2.24) is 10.6 Å². The molecule has 1 aromatic carbocycles. The Hall–Kier alpha value is -1.66. The summed E-state index contributed by atoms with van der Waals surface area (Å²) in [6.45, 7) is 6.33. The van der Waals surface area contributed by atoms with E-state index in [-0.39, 0.29) is 11.2 Å². The third-order valence-corrected chi connectivity index (χ3v) is 4.62. The number of unbranched alkanes of at least 4 members (excludes halogenated alkanes) is 1. The van der Waals surface area contributed by atoms with E-state index in [1.165, 1.54) is 6.07 Å². The average Bonchev–Trinajstić information content (AvgIpc) is 3.43. The molecule has 0 aliphatic heterocycles. The third-order valence-electron chi connectivity index (χ3n) is 4.62. The first-order valence-corrected chi connectivity index (χ1v) is 9.56.